The summed E-state index contributed by atoms with van der Waals surface area (Å²) in [5.41, 5.74) is 2.98. The van der Waals surface area contributed by atoms with Gasteiger partial charge in [-0.15, -0.1) is 0 Å². The van der Waals surface area contributed by atoms with Gasteiger partial charge in [-0.1, -0.05) is 35.4 Å². The Morgan fingerprint density at radius 3 is 2.44 bits per heavy atom. The molecule has 1 atom stereocenters. The quantitative estimate of drug-likeness (QED) is 0.898. The van der Waals surface area contributed by atoms with Gasteiger partial charge >= 0.3 is 0 Å². The van der Waals surface area contributed by atoms with Crippen LogP contribution in [0.3, 0.4) is 0 Å². The third kappa shape index (κ3) is 2.87. The first kappa shape index (κ1) is 12.6. The summed E-state index contributed by atoms with van der Waals surface area (Å²) in [5.74, 6) is 0. The summed E-state index contributed by atoms with van der Waals surface area (Å²) in [6.07, 6.45) is 1.03. The van der Waals surface area contributed by atoms with Crippen molar-refractivity contribution in [1.82, 2.24) is 4.57 Å². The van der Waals surface area contributed by atoms with Crippen molar-refractivity contribution in [3.63, 3.8) is 0 Å². The van der Waals surface area contributed by atoms with Crippen LogP contribution in [-0.2, 0) is 6.54 Å². The molecule has 0 saturated heterocycles. The minimum absolute atomic E-state index is 0.0964. The Labute approximate surface area is 106 Å². The van der Waals surface area contributed by atoms with Gasteiger partial charge in [-0.2, -0.15) is 0 Å². The summed E-state index contributed by atoms with van der Waals surface area (Å²) in [7, 11) is 0. The van der Waals surface area contributed by atoms with Gasteiger partial charge in [0.25, 0.3) is 5.56 Å². The molecule has 0 fully saturated rings. The van der Waals surface area contributed by atoms with Crippen LogP contribution in [0.1, 0.15) is 22.8 Å². The zero-order valence-electron chi connectivity index (χ0n) is 10.6. The Morgan fingerprint density at radius 1 is 1.17 bits per heavy atom. The van der Waals surface area contributed by atoms with E-state index in [9.17, 15) is 9.90 Å². The minimum atomic E-state index is -0.663. The lowest BCUT2D eigenvalue weighted by atomic mass is 10.0. The largest absolute Gasteiger partial charge is 0.387 e. The van der Waals surface area contributed by atoms with Gasteiger partial charge in [0.05, 0.1) is 12.6 Å². The maximum Gasteiger partial charge on any atom is 0.250 e. The molecule has 1 unspecified atom stereocenters. The predicted molar refractivity (Wildman–Crippen MR) is 71.6 cm³/mol. The van der Waals surface area contributed by atoms with Crippen LogP contribution in [0, 0.1) is 13.8 Å². The maximum atomic E-state index is 11.6. The Balaban J connectivity index is 2.24. The smallest absolute Gasteiger partial charge is 0.250 e. The molecule has 1 heterocycles. The van der Waals surface area contributed by atoms with E-state index in [1.807, 2.05) is 26.0 Å². The van der Waals surface area contributed by atoms with Gasteiger partial charge in [-0.05, 0) is 25.5 Å². The molecule has 0 aliphatic rings. The van der Waals surface area contributed by atoms with Gasteiger partial charge in [0.15, 0.2) is 0 Å². The fourth-order valence-electron chi connectivity index (χ4n) is 2.11. The van der Waals surface area contributed by atoms with Gasteiger partial charge < -0.3 is 9.67 Å². The number of aromatic nitrogens is 1. The second-order valence-corrected chi connectivity index (χ2v) is 4.63. The highest BCUT2D eigenvalue weighted by Crippen LogP contribution is 2.18. The first-order valence-electron chi connectivity index (χ1n) is 5.98. The van der Waals surface area contributed by atoms with E-state index in [4.69, 9.17) is 0 Å². The summed E-state index contributed by atoms with van der Waals surface area (Å²) in [5, 5.41) is 10.2. The molecule has 0 spiro atoms. The molecule has 0 aliphatic carbocycles. The molecule has 0 amide bonds. The molecular weight excluding hydrogens is 226 g/mol. The molecule has 2 aromatic rings. The molecular formula is C15H17NO2. The third-order valence-corrected chi connectivity index (χ3v) is 2.90. The average molecular weight is 243 g/mol. The van der Waals surface area contributed by atoms with E-state index in [0.717, 1.165) is 16.7 Å². The molecule has 0 bridgehead atoms. The molecule has 3 heteroatoms. The first-order chi connectivity index (χ1) is 8.56. The van der Waals surface area contributed by atoms with Crippen molar-refractivity contribution >= 4 is 0 Å². The number of aryl methyl sites for hydroxylation is 2. The van der Waals surface area contributed by atoms with E-state index in [2.05, 4.69) is 6.07 Å². The number of hydrogen-bond acceptors (Lipinski definition) is 2. The van der Waals surface area contributed by atoms with E-state index < -0.39 is 6.10 Å². The summed E-state index contributed by atoms with van der Waals surface area (Å²) >= 11 is 0. The molecule has 0 aliphatic heterocycles. The number of aliphatic hydroxyl groups is 1. The lowest BCUT2D eigenvalue weighted by Crippen LogP contribution is -2.21. The Morgan fingerprint density at radius 2 is 1.83 bits per heavy atom. The van der Waals surface area contributed by atoms with Gasteiger partial charge in [-0.25, -0.2) is 0 Å². The van der Waals surface area contributed by atoms with Crippen LogP contribution in [0.4, 0.5) is 0 Å². The standard InChI is InChI=1S/C15H17NO2/c1-11-7-12(2)9-13(8-11)14(17)10-16-6-4-3-5-15(16)18/h3-9,14,17H,10H2,1-2H3. The molecule has 1 N–H and O–H groups in total. The Kier molecular flexibility index (Phi) is 3.63. The summed E-state index contributed by atoms with van der Waals surface area (Å²) in [6.45, 7) is 4.28. The van der Waals surface area contributed by atoms with Crippen LogP contribution in [0.15, 0.2) is 47.4 Å². The third-order valence-electron chi connectivity index (χ3n) is 2.90. The van der Waals surface area contributed by atoms with Crippen LogP contribution in [0.2, 0.25) is 0 Å². The number of aliphatic hydroxyl groups excluding tert-OH is 1. The van der Waals surface area contributed by atoms with Crippen molar-refractivity contribution < 1.29 is 5.11 Å². The minimum Gasteiger partial charge on any atom is -0.387 e. The Hall–Kier alpha value is -1.87. The molecule has 0 saturated carbocycles. The van der Waals surface area contributed by atoms with E-state index >= 15 is 0 Å². The monoisotopic (exact) mass is 243 g/mol. The number of pyridine rings is 1. The Bertz CT molecular complexity index is 581. The lowest BCUT2D eigenvalue weighted by Gasteiger charge is -2.14. The topological polar surface area (TPSA) is 42.2 Å². The number of rotatable bonds is 3. The van der Waals surface area contributed by atoms with Gasteiger partial charge in [0.2, 0.25) is 0 Å². The van der Waals surface area contributed by atoms with E-state index in [1.165, 1.54) is 10.6 Å². The molecule has 18 heavy (non-hydrogen) atoms. The zero-order chi connectivity index (χ0) is 13.1. The van der Waals surface area contributed by atoms with Crippen LogP contribution < -0.4 is 5.56 Å². The summed E-state index contributed by atoms with van der Waals surface area (Å²) in [4.78, 5) is 11.6. The fourth-order valence-corrected chi connectivity index (χ4v) is 2.11. The number of nitrogens with zero attached hydrogens (tertiary/aromatic N) is 1. The van der Waals surface area contributed by atoms with E-state index in [-0.39, 0.29) is 12.1 Å². The van der Waals surface area contributed by atoms with Crippen molar-refractivity contribution in [3.8, 4) is 0 Å². The lowest BCUT2D eigenvalue weighted by molar-refractivity contribution is 0.155. The fraction of sp³-hybridized carbons (Fsp3) is 0.267. The highest BCUT2D eigenvalue weighted by molar-refractivity contribution is 5.29. The van der Waals surface area contributed by atoms with Crippen molar-refractivity contribution in [3.05, 3.63) is 69.6 Å². The van der Waals surface area contributed by atoms with Gasteiger partial charge in [0, 0.05) is 12.3 Å². The molecule has 3 nitrogen and oxygen atoms in total. The molecule has 0 radical (unpaired) electrons. The second kappa shape index (κ2) is 5.19. The van der Waals surface area contributed by atoms with Crippen molar-refractivity contribution in [2.45, 2.75) is 26.5 Å². The highest BCUT2D eigenvalue weighted by atomic mass is 16.3. The molecule has 2 rings (SSSR count). The molecule has 1 aromatic heterocycles. The SMILES string of the molecule is Cc1cc(C)cc(C(O)Cn2ccccc2=O)c1. The first-order valence-corrected chi connectivity index (χ1v) is 5.98. The van der Waals surface area contributed by atoms with Crippen LogP contribution >= 0.6 is 0 Å². The van der Waals surface area contributed by atoms with E-state index in [0.29, 0.717) is 0 Å². The molecule has 94 valence electrons. The molecule has 1 aromatic carbocycles. The zero-order valence-corrected chi connectivity index (χ0v) is 10.6. The normalized spacial score (nSPS) is 12.4. The maximum absolute atomic E-state index is 11.6. The van der Waals surface area contributed by atoms with Crippen LogP contribution in [-0.4, -0.2) is 9.67 Å². The predicted octanol–water partition coefficient (Wildman–Crippen LogP) is 2.20. The number of benzene rings is 1. The average Bonchev–Trinajstić information content (AvgIpc) is 2.31. The van der Waals surface area contributed by atoms with E-state index in [1.54, 1.807) is 18.3 Å². The summed E-state index contributed by atoms with van der Waals surface area (Å²) < 4.78 is 1.52. The van der Waals surface area contributed by atoms with Gasteiger partial charge in [0.1, 0.15) is 0 Å². The summed E-state index contributed by atoms with van der Waals surface area (Å²) in [6, 6.07) is 10.9. The second-order valence-electron chi connectivity index (χ2n) is 4.63. The van der Waals surface area contributed by atoms with Crippen LogP contribution in [0.5, 0.6) is 0 Å². The van der Waals surface area contributed by atoms with Crippen LogP contribution in [0.25, 0.3) is 0 Å². The van der Waals surface area contributed by atoms with Crippen molar-refractivity contribution in [2.75, 3.05) is 0 Å². The van der Waals surface area contributed by atoms with Gasteiger partial charge in [-0.3, -0.25) is 4.79 Å². The number of hydrogen-bond donors (Lipinski definition) is 1. The van der Waals surface area contributed by atoms with Crippen molar-refractivity contribution in [2.24, 2.45) is 0 Å². The highest BCUT2D eigenvalue weighted by Gasteiger charge is 2.09. The van der Waals surface area contributed by atoms with Crippen molar-refractivity contribution in [1.29, 1.82) is 0 Å².